The van der Waals surface area contributed by atoms with Crippen LogP contribution in [0, 0.1) is 0 Å². The summed E-state index contributed by atoms with van der Waals surface area (Å²) >= 11 is 0. The van der Waals surface area contributed by atoms with Gasteiger partial charge in [-0.15, -0.1) is 0 Å². The largest absolute Gasteiger partial charge is 1.00 e. The zero-order valence-electron chi connectivity index (χ0n) is 18.4. The average molecular weight is 403 g/mol. The van der Waals surface area contributed by atoms with E-state index in [4.69, 9.17) is 4.55 Å². The second-order valence-electron chi connectivity index (χ2n) is 7.49. The zero-order chi connectivity index (χ0) is 18.8. The summed E-state index contributed by atoms with van der Waals surface area (Å²) in [5.41, 5.74) is 0. The molecular formula is C20H43NaO4S. The van der Waals surface area contributed by atoms with Crippen LogP contribution < -0.4 is 29.6 Å². The van der Waals surface area contributed by atoms with Crippen molar-refractivity contribution in [3.8, 4) is 0 Å². The first-order valence-corrected chi connectivity index (χ1v) is 12.2. The molecule has 0 aliphatic heterocycles. The van der Waals surface area contributed by atoms with E-state index in [9.17, 15) is 13.5 Å². The quantitative estimate of drug-likeness (QED) is 0.198. The second kappa shape index (κ2) is 20.6. The van der Waals surface area contributed by atoms with Gasteiger partial charge in [-0.2, -0.15) is 8.42 Å². The van der Waals surface area contributed by atoms with Gasteiger partial charge in [-0.25, -0.2) is 0 Å². The monoisotopic (exact) mass is 402 g/mol. The molecule has 0 saturated carbocycles. The van der Waals surface area contributed by atoms with Crippen molar-refractivity contribution in [1.29, 1.82) is 0 Å². The fraction of sp³-hybridized carbons (Fsp3) is 1.00. The molecule has 6 heteroatoms. The SMILES string of the molecule is CCCCCCCCCCCCCCCCCCC(O)CS(=O)(=O)O.[H-].[Na+]. The molecule has 154 valence electrons. The number of hydrogen-bond acceptors (Lipinski definition) is 3. The summed E-state index contributed by atoms with van der Waals surface area (Å²) in [4.78, 5) is 0. The number of aliphatic hydroxyl groups excluding tert-OH is 1. The van der Waals surface area contributed by atoms with Gasteiger partial charge < -0.3 is 6.53 Å². The number of hydrogen-bond donors (Lipinski definition) is 2. The summed E-state index contributed by atoms with van der Waals surface area (Å²) in [7, 11) is -4.05. The van der Waals surface area contributed by atoms with Gasteiger partial charge in [0.1, 0.15) is 5.75 Å². The van der Waals surface area contributed by atoms with Crippen molar-refractivity contribution in [2.45, 2.75) is 122 Å². The third kappa shape index (κ3) is 24.9. The van der Waals surface area contributed by atoms with E-state index < -0.39 is 22.0 Å². The Morgan fingerprint density at radius 1 is 0.692 bits per heavy atom. The minimum atomic E-state index is -4.05. The van der Waals surface area contributed by atoms with E-state index >= 15 is 0 Å². The van der Waals surface area contributed by atoms with Crippen LogP contribution in [-0.4, -0.2) is 29.9 Å². The summed E-state index contributed by atoms with van der Waals surface area (Å²) < 4.78 is 29.9. The van der Waals surface area contributed by atoms with Crippen LogP contribution >= 0.6 is 0 Å². The number of unbranched alkanes of at least 4 members (excludes halogenated alkanes) is 15. The van der Waals surface area contributed by atoms with Crippen LogP contribution in [0.1, 0.15) is 118 Å². The molecule has 1 atom stereocenters. The van der Waals surface area contributed by atoms with E-state index in [1.54, 1.807) is 0 Å². The Labute approximate surface area is 186 Å². The minimum Gasteiger partial charge on any atom is -1.00 e. The molecule has 26 heavy (non-hydrogen) atoms. The fourth-order valence-corrected chi connectivity index (χ4v) is 3.91. The van der Waals surface area contributed by atoms with E-state index in [0.29, 0.717) is 6.42 Å². The number of rotatable bonds is 19. The predicted molar refractivity (Wildman–Crippen MR) is 108 cm³/mol. The predicted octanol–water partition coefficient (Wildman–Crippen LogP) is 3.00. The Morgan fingerprint density at radius 3 is 1.31 bits per heavy atom. The normalized spacial score (nSPS) is 12.7. The van der Waals surface area contributed by atoms with Crippen molar-refractivity contribution in [2.75, 3.05) is 5.75 Å². The first kappa shape index (κ1) is 29.1. The first-order chi connectivity index (χ1) is 12.0. The van der Waals surface area contributed by atoms with Gasteiger partial charge in [0.15, 0.2) is 0 Å². The van der Waals surface area contributed by atoms with Gasteiger partial charge >= 0.3 is 29.6 Å². The van der Waals surface area contributed by atoms with E-state index in [2.05, 4.69) is 6.92 Å². The third-order valence-corrected chi connectivity index (χ3v) is 5.60. The van der Waals surface area contributed by atoms with Crippen LogP contribution in [0.4, 0.5) is 0 Å². The Bertz CT molecular complexity index is 380. The first-order valence-electron chi connectivity index (χ1n) is 10.6. The molecule has 0 rings (SSSR count). The van der Waals surface area contributed by atoms with Gasteiger partial charge in [-0.1, -0.05) is 110 Å². The fourth-order valence-electron chi connectivity index (χ4n) is 3.25. The van der Waals surface area contributed by atoms with Crippen LogP contribution in [0.3, 0.4) is 0 Å². The van der Waals surface area contributed by atoms with Gasteiger partial charge in [0.25, 0.3) is 10.1 Å². The Morgan fingerprint density at radius 2 is 1.00 bits per heavy atom. The van der Waals surface area contributed by atoms with Crippen molar-refractivity contribution in [2.24, 2.45) is 0 Å². The minimum absolute atomic E-state index is 0. The molecule has 0 saturated heterocycles. The van der Waals surface area contributed by atoms with Crippen molar-refractivity contribution < 1.29 is 49.1 Å². The molecule has 0 aromatic rings. The second-order valence-corrected chi connectivity index (χ2v) is 8.99. The summed E-state index contributed by atoms with van der Waals surface area (Å²) in [5.74, 6) is -0.536. The van der Waals surface area contributed by atoms with Crippen LogP contribution in [0.15, 0.2) is 0 Å². The van der Waals surface area contributed by atoms with E-state index in [0.717, 1.165) is 19.3 Å². The maximum atomic E-state index is 10.6. The summed E-state index contributed by atoms with van der Waals surface area (Å²) in [6.45, 7) is 2.26. The molecule has 0 spiro atoms. The van der Waals surface area contributed by atoms with Crippen LogP contribution in [0.5, 0.6) is 0 Å². The molecule has 0 aliphatic rings. The van der Waals surface area contributed by atoms with Crippen molar-refractivity contribution in [3.05, 3.63) is 0 Å². The molecule has 1 unspecified atom stereocenters. The summed E-state index contributed by atoms with van der Waals surface area (Å²) in [5, 5.41) is 9.46. The van der Waals surface area contributed by atoms with Crippen molar-refractivity contribution in [1.82, 2.24) is 0 Å². The molecule has 0 fully saturated rings. The van der Waals surface area contributed by atoms with Crippen molar-refractivity contribution >= 4 is 10.1 Å². The van der Waals surface area contributed by atoms with Gasteiger partial charge in [-0.3, -0.25) is 4.55 Å². The van der Waals surface area contributed by atoms with Gasteiger partial charge in [-0.05, 0) is 6.42 Å². The molecule has 0 heterocycles. The molecule has 0 amide bonds. The van der Waals surface area contributed by atoms with Crippen LogP contribution in [0.25, 0.3) is 0 Å². The Balaban J connectivity index is -0.00000288. The zero-order valence-corrected chi connectivity index (χ0v) is 20.2. The molecule has 0 aromatic heterocycles. The topological polar surface area (TPSA) is 74.6 Å². The molecule has 4 nitrogen and oxygen atoms in total. The Hall–Kier alpha value is 0.870. The molecule has 0 bridgehead atoms. The molecule has 0 aliphatic carbocycles. The molecular weight excluding hydrogens is 359 g/mol. The van der Waals surface area contributed by atoms with Crippen LogP contribution in [0.2, 0.25) is 0 Å². The maximum Gasteiger partial charge on any atom is 1.00 e. The maximum absolute atomic E-state index is 10.6. The molecule has 2 N–H and O–H groups in total. The average Bonchev–Trinajstić information content (AvgIpc) is 2.53. The van der Waals surface area contributed by atoms with Gasteiger partial charge in [0.05, 0.1) is 6.10 Å². The van der Waals surface area contributed by atoms with E-state index in [-0.39, 0.29) is 31.0 Å². The Kier molecular flexibility index (Phi) is 23.0. The van der Waals surface area contributed by atoms with Crippen LogP contribution in [-0.2, 0) is 10.1 Å². The van der Waals surface area contributed by atoms with Gasteiger partial charge in [0.2, 0.25) is 0 Å². The molecule has 0 radical (unpaired) electrons. The molecule has 0 aromatic carbocycles. The summed E-state index contributed by atoms with van der Waals surface area (Å²) in [6, 6.07) is 0. The van der Waals surface area contributed by atoms with E-state index in [1.165, 1.54) is 83.5 Å². The summed E-state index contributed by atoms with van der Waals surface area (Å²) in [6.07, 6.45) is 20.3. The van der Waals surface area contributed by atoms with E-state index in [1.807, 2.05) is 0 Å². The van der Waals surface area contributed by atoms with Gasteiger partial charge in [0, 0.05) is 0 Å². The van der Waals surface area contributed by atoms with Crippen molar-refractivity contribution in [3.63, 3.8) is 0 Å². The third-order valence-electron chi connectivity index (χ3n) is 4.79. The smallest absolute Gasteiger partial charge is 1.00 e. The standard InChI is InChI=1S/C20H42O4S.Na.H/c1-2-3-4-5-6-7-8-9-10-11-12-13-14-15-16-17-18-20(21)19-25(22,23)24;;/h20-21H,2-19H2,1H3,(H,22,23,24);;/q;+1;-1. The number of aliphatic hydroxyl groups is 1.